The molecule has 1 N–H and O–H groups in total. The number of β-amino-alcohol motifs (C(OH)–C–C–N with tert-alkyl or cyclic N) is 1. The molecule has 1 aliphatic heterocycles. The quantitative estimate of drug-likeness (QED) is 0.618. The van der Waals surface area contributed by atoms with Crippen molar-refractivity contribution in [3.63, 3.8) is 0 Å². The highest BCUT2D eigenvalue weighted by molar-refractivity contribution is 5.79. The van der Waals surface area contributed by atoms with Gasteiger partial charge in [0.25, 0.3) is 11.2 Å². The maximum absolute atomic E-state index is 12.6. The van der Waals surface area contributed by atoms with E-state index in [2.05, 4.69) is 9.88 Å². The summed E-state index contributed by atoms with van der Waals surface area (Å²) >= 11 is 0. The summed E-state index contributed by atoms with van der Waals surface area (Å²) in [5, 5.41) is 21.5. The van der Waals surface area contributed by atoms with E-state index in [1.807, 2.05) is 13.8 Å². The topological polar surface area (TPSA) is 111 Å². The first-order valence-corrected chi connectivity index (χ1v) is 8.53. The number of nitro benzene ring substituents is 1. The highest BCUT2D eigenvalue weighted by Crippen LogP contribution is 2.16. The van der Waals surface area contributed by atoms with Crippen molar-refractivity contribution in [1.82, 2.24) is 14.5 Å². The van der Waals surface area contributed by atoms with E-state index < -0.39 is 16.6 Å². The summed E-state index contributed by atoms with van der Waals surface area (Å²) in [6, 6.07) is 3.99. The number of benzene rings is 1. The van der Waals surface area contributed by atoms with Crippen LogP contribution >= 0.6 is 0 Å². The van der Waals surface area contributed by atoms with Crippen LogP contribution in [-0.4, -0.2) is 62.4 Å². The molecule has 3 rings (SSSR count). The van der Waals surface area contributed by atoms with Gasteiger partial charge in [-0.25, -0.2) is 4.98 Å². The molecule has 3 atom stereocenters. The number of nitrogens with zero attached hydrogens (tertiary/aromatic N) is 4. The molecule has 1 saturated heterocycles. The average molecular weight is 362 g/mol. The SMILES string of the molecule is CC1CN(CC(O)Cn2cnc3ccc([N+](=O)[O-])cc3c2=O)CC(C)O1. The third kappa shape index (κ3) is 4.06. The third-order valence-corrected chi connectivity index (χ3v) is 4.39. The van der Waals surface area contributed by atoms with E-state index in [0.717, 1.165) is 13.1 Å². The number of aliphatic hydroxyl groups excluding tert-OH is 1. The van der Waals surface area contributed by atoms with Crippen molar-refractivity contribution in [2.45, 2.75) is 38.7 Å². The van der Waals surface area contributed by atoms with Crippen molar-refractivity contribution in [2.24, 2.45) is 0 Å². The summed E-state index contributed by atoms with van der Waals surface area (Å²) in [6.45, 7) is 5.90. The number of hydrogen-bond acceptors (Lipinski definition) is 7. The number of ether oxygens (including phenoxy) is 1. The second-order valence-corrected chi connectivity index (χ2v) is 6.79. The van der Waals surface area contributed by atoms with E-state index in [0.29, 0.717) is 12.1 Å². The van der Waals surface area contributed by atoms with E-state index in [-0.39, 0.29) is 29.8 Å². The monoisotopic (exact) mass is 362 g/mol. The van der Waals surface area contributed by atoms with Crippen LogP contribution in [-0.2, 0) is 11.3 Å². The van der Waals surface area contributed by atoms with E-state index in [9.17, 15) is 20.0 Å². The molecule has 2 heterocycles. The number of hydrogen-bond donors (Lipinski definition) is 1. The molecule has 0 bridgehead atoms. The predicted molar refractivity (Wildman–Crippen MR) is 95.1 cm³/mol. The van der Waals surface area contributed by atoms with Gasteiger partial charge < -0.3 is 9.84 Å². The summed E-state index contributed by atoms with van der Waals surface area (Å²) in [4.78, 5) is 29.2. The van der Waals surface area contributed by atoms with Crippen LogP contribution in [0.1, 0.15) is 13.8 Å². The van der Waals surface area contributed by atoms with Gasteiger partial charge in [-0.3, -0.25) is 24.4 Å². The Labute approximate surface area is 150 Å². The van der Waals surface area contributed by atoms with Crippen LogP contribution in [0.3, 0.4) is 0 Å². The van der Waals surface area contributed by atoms with Crippen LogP contribution in [0.15, 0.2) is 29.3 Å². The lowest BCUT2D eigenvalue weighted by Crippen LogP contribution is -2.48. The fraction of sp³-hybridized carbons (Fsp3) is 0.529. The molecule has 1 aromatic carbocycles. The van der Waals surface area contributed by atoms with Crippen LogP contribution in [0.4, 0.5) is 5.69 Å². The maximum atomic E-state index is 12.6. The number of rotatable bonds is 5. The Balaban J connectivity index is 1.76. The lowest BCUT2D eigenvalue weighted by Gasteiger charge is -2.36. The van der Waals surface area contributed by atoms with E-state index >= 15 is 0 Å². The summed E-state index contributed by atoms with van der Waals surface area (Å²) < 4.78 is 6.97. The Kier molecular flexibility index (Phi) is 5.30. The molecule has 0 saturated carbocycles. The Bertz CT molecular complexity index is 858. The summed E-state index contributed by atoms with van der Waals surface area (Å²) in [6.07, 6.45) is 0.792. The second kappa shape index (κ2) is 7.48. The molecule has 140 valence electrons. The average Bonchev–Trinajstić information content (AvgIpc) is 2.56. The molecule has 9 heteroatoms. The molecule has 0 radical (unpaired) electrons. The van der Waals surface area contributed by atoms with Crippen LogP contribution < -0.4 is 5.56 Å². The smallest absolute Gasteiger partial charge is 0.270 e. The van der Waals surface area contributed by atoms with Gasteiger partial charge in [-0.1, -0.05) is 0 Å². The number of non-ortho nitro benzene ring substituents is 1. The molecule has 0 aliphatic carbocycles. The van der Waals surface area contributed by atoms with E-state index in [1.165, 1.54) is 29.1 Å². The highest BCUT2D eigenvalue weighted by atomic mass is 16.6. The molecule has 1 fully saturated rings. The summed E-state index contributed by atoms with van der Waals surface area (Å²) in [5.41, 5.74) is -0.172. The molecule has 1 aliphatic rings. The lowest BCUT2D eigenvalue weighted by molar-refractivity contribution is -0.384. The highest BCUT2D eigenvalue weighted by Gasteiger charge is 2.24. The zero-order valence-corrected chi connectivity index (χ0v) is 14.7. The van der Waals surface area contributed by atoms with Crippen LogP contribution in [0.5, 0.6) is 0 Å². The van der Waals surface area contributed by atoms with E-state index in [1.54, 1.807) is 0 Å². The van der Waals surface area contributed by atoms with Crippen molar-refractivity contribution in [3.8, 4) is 0 Å². The summed E-state index contributed by atoms with van der Waals surface area (Å²) in [5.74, 6) is 0. The van der Waals surface area contributed by atoms with Gasteiger partial charge in [-0.2, -0.15) is 0 Å². The number of morpholine rings is 1. The van der Waals surface area contributed by atoms with E-state index in [4.69, 9.17) is 4.74 Å². The largest absolute Gasteiger partial charge is 0.390 e. The minimum absolute atomic E-state index is 0.0740. The molecule has 26 heavy (non-hydrogen) atoms. The Hall–Kier alpha value is -2.36. The van der Waals surface area contributed by atoms with Gasteiger partial charge in [0.05, 0.1) is 47.0 Å². The molecule has 1 aromatic heterocycles. The number of aliphatic hydroxyl groups is 1. The van der Waals surface area contributed by atoms with Crippen molar-refractivity contribution in [2.75, 3.05) is 19.6 Å². The van der Waals surface area contributed by atoms with Crippen molar-refractivity contribution in [1.29, 1.82) is 0 Å². The van der Waals surface area contributed by atoms with Gasteiger partial charge in [-0.05, 0) is 19.9 Å². The first-order valence-electron chi connectivity index (χ1n) is 8.53. The van der Waals surface area contributed by atoms with Crippen LogP contribution in [0, 0.1) is 10.1 Å². The molecular formula is C17H22N4O5. The van der Waals surface area contributed by atoms with Crippen molar-refractivity contribution < 1.29 is 14.8 Å². The molecule has 0 spiro atoms. The van der Waals surface area contributed by atoms with Gasteiger partial charge in [0.1, 0.15) is 0 Å². The zero-order valence-electron chi connectivity index (χ0n) is 14.7. The molecule has 2 aromatic rings. The predicted octanol–water partition coefficient (Wildman–Crippen LogP) is 0.775. The first kappa shape index (κ1) is 18.4. The Morgan fingerprint density at radius 1 is 1.35 bits per heavy atom. The molecule has 0 amide bonds. The van der Waals surface area contributed by atoms with Crippen molar-refractivity contribution in [3.05, 3.63) is 45.0 Å². The Morgan fingerprint density at radius 2 is 2.04 bits per heavy atom. The Morgan fingerprint density at radius 3 is 2.69 bits per heavy atom. The van der Waals surface area contributed by atoms with Crippen LogP contribution in [0.2, 0.25) is 0 Å². The number of fused-ring (bicyclic) bond motifs is 1. The van der Waals surface area contributed by atoms with Gasteiger partial charge in [0.15, 0.2) is 0 Å². The third-order valence-electron chi connectivity index (χ3n) is 4.39. The van der Waals surface area contributed by atoms with Gasteiger partial charge in [-0.15, -0.1) is 0 Å². The molecular weight excluding hydrogens is 340 g/mol. The second-order valence-electron chi connectivity index (χ2n) is 6.79. The molecule has 9 nitrogen and oxygen atoms in total. The van der Waals surface area contributed by atoms with Crippen LogP contribution in [0.25, 0.3) is 10.9 Å². The minimum atomic E-state index is -0.761. The van der Waals surface area contributed by atoms with Gasteiger partial charge in [0, 0.05) is 31.8 Å². The fourth-order valence-corrected chi connectivity index (χ4v) is 3.41. The zero-order chi connectivity index (χ0) is 18.8. The van der Waals surface area contributed by atoms with Gasteiger partial charge in [0.2, 0.25) is 0 Å². The standard InChI is InChI=1S/C17H22N4O5/c1-11-6-19(7-12(2)26-11)8-14(22)9-20-10-18-16-4-3-13(21(24)25)5-15(16)17(20)23/h3-5,10-12,14,22H,6-9H2,1-2H3. The fourth-order valence-electron chi connectivity index (χ4n) is 3.41. The minimum Gasteiger partial charge on any atom is -0.390 e. The van der Waals surface area contributed by atoms with Gasteiger partial charge >= 0.3 is 0 Å². The van der Waals surface area contributed by atoms with Crippen molar-refractivity contribution >= 4 is 16.6 Å². The summed E-state index contributed by atoms with van der Waals surface area (Å²) in [7, 11) is 0. The number of aromatic nitrogens is 2. The lowest BCUT2D eigenvalue weighted by atomic mass is 10.2. The molecule has 3 unspecified atom stereocenters. The maximum Gasteiger partial charge on any atom is 0.270 e. The normalized spacial score (nSPS) is 22.4. The number of nitro groups is 1. The first-order chi connectivity index (χ1) is 12.3.